The highest BCUT2D eigenvalue weighted by Crippen LogP contribution is 2.36. The summed E-state index contributed by atoms with van der Waals surface area (Å²) in [6, 6.07) is 8.38. The Kier molecular flexibility index (Phi) is 7.22. The number of likely N-dealkylation sites (N-methyl/N-ethyl adjacent to an activating group) is 1. The molecule has 0 saturated carbocycles. The van der Waals surface area contributed by atoms with Gasteiger partial charge in [-0.3, -0.25) is 0 Å². The van der Waals surface area contributed by atoms with Crippen molar-refractivity contribution in [3.63, 3.8) is 0 Å². The number of aliphatic hydroxyl groups is 1. The molecule has 0 bridgehead atoms. The van der Waals surface area contributed by atoms with Gasteiger partial charge in [-0.1, -0.05) is 46.8 Å². The second-order valence-corrected chi connectivity index (χ2v) is 11.0. The molecule has 1 aromatic rings. The van der Waals surface area contributed by atoms with Gasteiger partial charge in [-0.05, 0) is 48.8 Å². The van der Waals surface area contributed by atoms with Gasteiger partial charge in [-0.25, -0.2) is 0 Å². The number of morpholine rings is 1. The van der Waals surface area contributed by atoms with Gasteiger partial charge in [-0.15, -0.1) is 0 Å². The highest BCUT2D eigenvalue weighted by molar-refractivity contribution is 5.31. The molecule has 28 heavy (non-hydrogen) atoms. The van der Waals surface area contributed by atoms with Crippen LogP contribution < -0.4 is 4.74 Å². The fourth-order valence-electron chi connectivity index (χ4n) is 5.13. The van der Waals surface area contributed by atoms with Gasteiger partial charge in [0.1, 0.15) is 50.3 Å². The van der Waals surface area contributed by atoms with Gasteiger partial charge in [0, 0.05) is 0 Å². The van der Waals surface area contributed by atoms with Gasteiger partial charge in [0.2, 0.25) is 0 Å². The molecule has 4 atom stereocenters. The molecule has 1 saturated heterocycles. The minimum absolute atomic E-state index is 0.124. The largest absolute Gasteiger partial charge is 0.491 e. The first-order chi connectivity index (χ1) is 12.8. The molecular weight excluding hydrogens is 350 g/mol. The highest BCUT2D eigenvalue weighted by Gasteiger charge is 2.35. The zero-order valence-electron chi connectivity index (χ0n) is 19.3. The quantitative estimate of drug-likeness (QED) is 0.699. The summed E-state index contributed by atoms with van der Waals surface area (Å²) in [5.74, 6) is 0.820. The Morgan fingerprint density at radius 1 is 1.07 bits per heavy atom. The molecule has 160 valence electrons. The van der Waals surface area contributed by atoms with E-state index in [0.717, 1.165) is 29.7 Å². The summed E-state index contributed by atoms with van der Waals surface area (Å²) in [6.45, 7) is 18.5. The molecule has 0 aromatic heterocycles. The molecule has 1 aliphatic heterocycles. The average molecular weight is 393 g/mol. The van der Waals surface area contributed by atoms with Crippen LogP contribution in [-0.2, 0) is 10.2 Å². The number of nitrogens with zero attached hydrogens (tertiary/aromatic N) is 1. The van der Waals surface area contributed by atoms with Crippen LogP contribution in [0.25, 0.3) is 0 Å². The van der Waals surface area contributed by atoms with Gasteiger partial charge in [0.25, 0.3) is 0 Å². The van der Waals surface area contributed by atoms with Crippen molar-refractivity contribution in [2.75, 3.05) is 33.3 Å². The van der Waals surface area contributed by atoms with Crippen molar-refractivity contribution in [2.24, 2.45) is 5.41 Å². The van der Waals surface area contributed by atoms with Crippen molar-refractivity contribution in [2.45, 2.75) is 78.6 Å². The van der Waals surface area contributed by atoms with Crippen LogP contribution in [0.2, 0.25) is 0 Å². The van der Waals surface area contributed by atoms with E-state index in [9.17, 15) is 5.11 Å². The lowest BCUT2D eigenvalue weighted by molar-refractivity contribution is -0.926. The number of hydrogen-bond donors (Lipinski definition) is 1. The molecule has 1 fully saturated rings. The average Bonchev–Trinajstić information content (AvgIpc) is 2.49. The van der Waals surface area contributed by atoms with E-state index in [2.05, 4.69) is 67.6 Å². The van der Waals surface area contributed by atoms with Crippen LogP contribution in [0.4, 0.5) is 0 Å². The summed E-state index contributed by atoms with van der Waals surface area (Å²) in [7, 11) is 2.20. The minimum atomic E-state index is -0.487. The standard InChI is InChI=1S/C24H42NO3/c1-18-13-25(8,14-19(2)28-18)15-21(26)16-27-22-11-9-20(10-12-22)24(6,7)17-23(3,4)5/h9-12,18-19,21,26H,13-17H2,1-8H3/q+1/t18-,19+,21-,25?/m0/s1. The lowest BCUT2D eigenvalue weighted by Gasteiger charge is -2.43. The summed E-state index contributed by atoms with van der Waals surface area (Å²) in [6.07, 6.45) is 1.09. The van der Waals surface area contributed by atoms with E-state index < -0.39 is 6.10 Å². The van der Waals surface area contributed by atoms with Crippen molar-refractivity contribution >= 4 is 0 Å². The minimum Gasteiger partial charge on any atom is -0.491 e. The van der Waals surface area contributed by atoms with Gasteiger partial charge in [0.15, 0.2) is 0 Å². The van der Waals surface area contributed by atoms with Crippen LogP contribution in [0.15, 0.2) is 24.3 Å². The zero-order chi connectivity index (χ0) is 21.2. The number of hydrogen-bond acceptors (Lipinski definition) is 3. The van der Waals surface area contributed by atoms with Gasteiger partial charge < -0.3 is 19.1 Å². The summed E-state index contributed by atoms with van der Waals surface area (Å²) in [5, 5.41) is 10.5. The van der Waals surface area contributed by atoms with Crippen molar-refractivity contribution in [3.05, 3.63) is 29.8 Å². The SMILES string of the molecule is C[C@@H]1C[N+](C)(C[C@H](O)COc2ccc(C(C)(C)CC(C)(C)C)cc2)C[C@H](C)O1. The van der Waals surface area contributed by atoms with E-state index >= 15 is 0 Å². The lowest BCUT2D eigenvalue weighted by atomic mass is 9.72. The maximum absolute atomic E-state index is 10.5. The fraction of sp³-hybridized carbons (Fsp3) is 0.750. The van der Waals surface area contributed by atoms with Crippen molar-refractivity contribution in [1.82, 2.24) is 0 Å². The van der Waals surface area contributed by atoms with Crippen LogP contribution in [-0.4, -0.2) is 61.2 Å². The third-order valence-corrected chi connectivity index (χ3v) is 5.56. The predicted molar refractivity (Wildman–Crippen MR) is 116 cm³/mol. The fourth-order valence-corrected chi connectivity index (χ4v) is 5.13. The topological polar surface area (TPSA) is 38.7 Å². The van der Waals surface area contributed by atoms with Crippen molar-refractivity contribution < 1.29 is 19.1 Å². The Hall–Kier alpha value is -1.10. The molecule has 1 unspecified atom stereocenters. The predicted octanol–water partition coefficient (Wildman–Crippen LogP) is 4.39. The molecule has 0 spiro atoms. The summed E-state index contributed by atoms with van der Waals surface area (Å²) in [4.78, 5) is 0. The number of benzene rings is 1. The van der Waals surface area contributed by atoms with E-state index in [1.54, 1.807) is 0 Å². The molecule has 1 aliphatic rings. The normalized spacial score (nSPS) is 27.5. The Balaban J connectivity index is 1.89. The second kappa shape index (κ2) is 8.73. The summed E-state index contributed by atoms with van der Waals surface area (Å²) >= 11 is 0. The van der Waals surface area contributed by atoms with Crippen LogP contribution in [0.1, 0.15) is 60.5 Å². The van der Waals surface area contributed by atoms with E-state index in [0.29, 0.717) is 13.2 Å². The monoisotopic (exact) mass is 392 g/mol. The molecule has 0 radical (unpaired) electrons. The number of aliphatic hydroxyl groups excluding tert-OH is 1. The third-order valence-electron chi connectivity index (χ3n) is 5.56. The van der Waals surface area contributed by atoms with Crippen LogP contribution in [0.5, 0.6) is 5.75 Å². The molecule has 0 aliphatic carbocycles. The Morgan fingerprint density at radius 2 is 1.61 bits per heavy atom. The molecule has 4 heteroatoms. The summed E-state index contributed by atoms with van der Waals surface area (Å²) in [5.41, 5.74) is 1.74. The smallest absolute Gasteiger partial charge is 0.137 e. The molecule has 0 amide bonds. The lowest BCUT2D eigenvalue weighted by Crippen LogP contribution is -2.60. The number of rotatable bonds is 7. The molecule has 1 heterocycles. The van der Waals surface area contributed by atoms with Gasteiger partial charge >= 0.3 is 0 Å². The molecule has 1 aromatic carbocycles. The Morgan fingerprint density at radius 3 is 2.11 bits per heavy atom. The Labute approximate surface area is 172 Å². The highest BCUT2D eigenvalue weighted by atomic mass is 16.5. The van der Waals surface area contributed by atoms with Crippen molar-refractivity contribution in [3.8, 4) is 5.75 Å². The zero-order valence-corrected chi connectivity index (χ0v) is 19.3. The van der Waals surface area contributed by atoms with E-state index in [-0.39, 0.29) is 23.0 Å². The maximum atomic E-state index is 10.5. The molecule has 2 rings (SSSR count). The van der Waals surface area contributed by atoms with Crippen LogP contribution >= 0.6 is 0 Å². The van der Waals surface area contributed by atoms with Gasteiger partial charge in [0.05, 0.1) is 7.05 Å². The molecule has 4 nitrogen and oxygen atoms in total. The molecule has 1 N–H and O–H groups in total. The van der Waals surface area contributed by atoms with Crippen LogP contribution in [0, 0.1) is 5.41 Å². The first-order valence-corrected chi connectivity index (χ1v) is 10.7. The van der Waals surface area contributed by atoms with Crippen LogP contribution in [0.3, 0.4) is 0 Å². The number of ether oxygens (including phenoxy) is 2. The molecular formula is C24H42NO3+. The summed E-state index contributed by atoms with van der Waals surface area (Å²) < 4.78 is 12.5. The third kappa shape index (κ3) is 7.06. The Bertz CT molecular complexity index is 608. The first kappa shape index (κ1) is 23.2. The number of quaternary nitrogens is 1. The second-order valence-electron chi connectivity index (χ2n) is 11.0. The van der Waals surface area contributed by atoms with Gasteiger partial charge in [-0.2, -0.15) is 0 Å². The van der Waals surface area contributed by atoms with E-state index in [1.807, 2.05) is 12.1 Å². The van der Waals surface area contributed by atoms with Crippen molar-refractivity contribution in [1.29, 1.82) is 0 Å². The first-order valence-electron chi connectivity index (χ1n) is 10.7. The maximum Gasteiger partial charge on any atom is 0.137 e. The van der Waals surface area contributed by atoms with E-state index in [4.69, 9.17) is 9.47 Å². The van der Waals surface area contributed by atoms with E-state index in [1.165, 1.54) is 5.56 Å².